The van der Waals surface area contributed by atoms with E-state index in [1.54, 1.807) is 6.92 Å². The quantitative estimate of drug-likeness (QED) is 0.378. The maximum Gasteiger partial charge on any atom is 0.389 e. The molecule has 0 aromatic carbocycles. The lowest BCUT2D eigenvalue weighted by Crippen LogP contribution is -2.23. The topological polar surface area (TPSA) is 52.6 Å². The van der Waals surface area contributed by atoms with Crippen LogP contribution >= 0.6 is 0 Å². The van der Waals surface area contributed by atoms with Crippen LogP contribution in [-0.2, 0) is 19.1 Å². The number of rotatable bonds is 12. The Labute approximate surface area is 142 Å². The van der Waals surface area contributed by atoms with Crippen molar-refractivity contribution in [2.45, 2.75) is 71.4 Å². The molecular formula is C17H29F3O4. The summed E-state index contributed by atoms with van der Waals surface area (Å²) in [6.07, 6.45) is -1.08. The van der Waals surface area contributed by atoms with Gasteiger partial charge in [-0.3, -0.25) is 9.59 Å². The molecule has 0 aromatic rings. The van der Waals surface area contributed by atoms with Gasteiger partial charge in [0.1, 0.15) is 0 Å². The molecule has 0 saturated carbocycles. The van der Waals surface area contributed by atoms with Crippen LogP contribution in [0.1, 0.15) is 65.2 Å². The van der Waals surface area contributed by atoms with Crippen LogP contribution in [0, 0.1) is 11.8 Å². The van der Waals surface area contributed by atoms with Gasteiger partial charge in [-0.15, -0.1) is 0 Å². The fourth-order valence-corrected chi connectivity index (χ4v) is 2.39. The second-order valence-corrected chi connectivity index (χ2v) is 6.07. The molecule has 0 saturated heterocycles. The lowest BCUT2D eigenvalue weighted by atomic mass is 9.94. The Hall–Kier alpha value is -1.27. The highest BCUT2D eigenvalue weighted by molar-refractivity contribution is 5.75. The number of carbonyl (C=O) groups is 2. The van der Waals surface area contributed by atoms with Crippen LogP contribution in [0.15, 0.2) is 0 Å². The number of ether oxygens (including phenoxy) is 2. The van der Waals surface area contributed by atoms with Crippen molar-refractivity contribution in [1.29, 1.82) is 0 Å². The van der Waals surface area contributed by atoms with Gasteiger partial charge in [-0.2, -0.15) is 13.2 Å². The van der Waals surface area contributed by atoms with Gasteiger partial charge < -0.3 is 9.47 Å². The van der Waals surface area contributed by atoms with Crippen LogP contribution in [-0.4, -0.2) is 31.8 Å². The fourth-order valence-electron chi connectivity index (χ4n) is 2.39. The standard InChI is InChI=1S/C17H29F3O4/c1-4-14(16(22)23-3)12-13(2)15(21)24-11-9-7-5-6-8-10-17(18,19)20/h13-14H,4-12H2,1-3H3. The van der Waals surface area contributed by atoms with Gasteiger partial charge in [0.05, 0.1) is 25.6 Å². The molecule has 0 amide bonds. The van der Waals surface area contributed by atoms with Gasteiger partial charge in [0.25, 0.3) is 0 Å². The van der Waals surface area contributed by atoms with Gasteiger partial charge in [0.2, 0.25) is 0 Å². The summed E-state index contributed by atoms with van der Waals surface area (Å²) in [4.78, 5) is 23.4. The van der Waals surface area contributed by atoms with E-state index in [0.717, 1.165) is 6.42 Å². The Morgan fingerprint density at radius 2 is 1.58 bits per heavy atom. The Morgan fingerprint density at radius 1 is 1.00 bits per heavy atom. The normalized spacial score (nSPS) is 14.1. The number of hydrogen-bond acceptors (Lipinski definition) is 4. The Balaban J connectivity index is 3.76. The van der Waals surface area contributed by atoms with Crippen LogP contribution in [0.3, 0.4) is 0 Å². The second kappa shape index (κ2) is 12.1. The maximum absolute atomic E-state index is 12.0. The molecule has 0 aliphatic heterocycles. The number of esters is 2. The van der Waals surface area contributed by atoms with Crippen molar-refractivity contribution in [3.05, 3.63) is 0 Å². The van der Waals surface area contributed by atoms with Gasteiger partial charge >= 0.3 is 18.1 Å². The number of methoxy groups -OCH3 is 1. The summed E-state index contributed by atoms with van der Waals surface area (Å²) in [7, 11) is 1.32. The van der Waals surface area contributed by atoms with E-state index in [9.17, 15) is 22.8 Å². The summed E-state index contributed by atoms with van der Waals surface area (Å²) in [5, 5.41) is 0. The molecule has 0 N–H and O–H groups in total. The lowest BCUT2D eigenvalue weighted by molar-refractivity contribution is -0.151. The van der Waals surface area contributed by atoms with E-state index in [1.165, 1.54) is 7.11 Å². The summed E-state index contributed by atoms with van der Waals surface area (Å²) in [6, 6.07) is 0. The Kier molecular flexibility index (Phi) is 11.5. The number of hydrogen-bond donors (Lipinski definition) is 0. The van der Waals surface area contributed by atoms with Crippen LogP contribution < -0.4 is 0 Å². The molecule has 7 heteroatoms. The van der Waals surface area contributed by atoms with Crippen LogP contribution in [0.5, 0.6) is 0 Å². The predicted molar refractivity (Wildman–Crippen MR) is 84.3 cm³/mol. The molecule has 2 unspecified atom stereocenters. The van der Waals surface area contributed by atoms with E-state index in [0.29, 0.717) is 32.1 Å². The third-order valence-electron chi connectivity index (χ3n) is 3.92. The smallest absolute Gasteiger partial charge is 0.389 e. The molecule has 0 spiro atoms. The molecule has 0 aliphatic carbocycles. The molecule has 0 bridgehead atoms. The molecule has 142 valence electrons. The summed E-state index contributed by atoms with van der Waals surface area (Å²) < 4.78 is 45.7. The largest absolute Gasteiger partial charge is 0.469 e. The minimum atomic E-state index is -4.08. The van der Waals surface area contributed by atoms with Gasteiger partial charge in [-0.05, 0) is 25.7 Å². The van der Waals surface area contributed by atoms with E-state index in [-0.39, 0.29) is 36.8 Å². The molecule has 0 radical (unpaired) electrons. The van der Waals surface area contributed by atoms with E-state index in [4.69, 9.17) is 4.74 Å². The molecule has 0 aromatic heterocycles. The molecule has 0 fully saturated rings. The highest BCUT2D eigenvalue weighted by Crippen LogP contribution is 2.23. The minimum Gasteiger partial charge on any atom is -0.469 e. The zero-order chi connectivity index (χ0) is 18.6. The van der Waals surface area contributed by atoms with Crippen molar-refractivity contribution in [3.63, 3.8) is 0 Å². The number of alkyl halides is 3. The highest BCUT2D eigenvalue weighted by Gasteiger charge is 2.26. The molecule has 24 heavy (non-hydrogen) atoms. The summed E-state index contributed by atoms with van der Waals surface area (Å²) in [6.45, 7) is 3.83. The van der Waals surface area contributed by atoms with Crippen molar-refractivity contribution >= 4 is 11.9 Å². The van der Waals surface area contributed by atoms with E-state index in [1.807, 2.05) is 6.92 Å². The first-order valence-corrected chi connectivity index (χ1v) is 8.52. The Morgan fingerprint density at radius 3 is 2.12 bits per heavy atom. The van der Waals surface area contributed by atoms with Crippen LogP contribution in [0.25, 0.3) is 0 Å². The molecule has 0 heterocycles. The predicted octanol–water partition coefficient (Wildman–Crippen LogP) is 4.66. The monoisotopic (exact) mass is 354 g/mol. The SMILES string of the molecule is CCC(CC(C)C(=O)OCCCCCCCC(F)(F)F)C(=O)OC. The number of halogens is 3. The van der Waals surface area contributed by atoms with Gasteiger partial charge in [0, 0.05) is 6.42 Å². The van der Waals surface area contributed by atoms with Crippen molar-refractivity contribution in [1.82, 2.24) is 0 Å². The lowest BCUT2D eigenvalue weighted by Gasteiger charge is -2.17. The van der Waals surface area contributed by atoms with E-state index < -0.39 is 12.6 Å². The van der Waals surface area contributed by atoms with Crippen molar-refractivity contribution in [3.8, 4) is 0 Å². The molecule has 4 nitrogen and oxygen atoms in total. The fraction of sp³-hybridized carbons (Fsp3) is 0.882. The zero-order valence-corrected chi connectivity index (χ0v) is 14.8. The van der Waals surface area contributed by atoms with E-state index >= 15 is 0 Å². The van der Waals surface area contributed by atoms with E-state index in [2.05, 4.69) is 4.74 Å². The molecular weight excluding hydrogens is 325 g/mol. The molecule has 0 rings (SSSR count). The average molecular weight is 354 g/mol. The molecule has 2 atom stereocenters. The van der Waals surface area contributed by atoms with Crippen LogP contribution in [0.2, 0.25) is 0 Å². The second-order valence-electron chi connectivity index (χ2n) is 6.07. The maximum atomic E-state index is 12.0. The third kappa shape index (κ3) is 11.3. The van der Waals surface area contributed by atoms with Gasteiger partial charge in [-0.25, -0.2) is 0 Å². The summed E-state index contributed by atoms with van der Waals surface area (Å²) in [5.41, 5.74) is 0. The number of carbonyl (C=O) groups excluding carboxylic acids is 2. The van der Waals surface area contributed by atoms with Gasteiger partial charge in [-0.1, -0.05) is 33.1 Å². The molecule has 0 aliphatic rings. The Bertz CT molecular complexity index is 369. The van der Waals surface area contributed by atoms with Crippen molar-refractivity contribution in [2.75, 3.05) is 13.7 Å². The number of unbranched alkanes of at least 4 members (excludes halogenated alkanes) is 4. The minimum absolute atomic E-state index is 0.145. The first-order chi connectivity index (χ1) is 11.2. The highest BCUT2D eigenvalue weighted by atomic mass is 19.4. The zero-order valence-electron chi connectivity index (χ0n) is 14.8. The van der Waals surface area contributed by atoms with Crippen LogP contribution in [0.4, 0.5) is 13.2 Å². The first kappa shape index (κ1) is 22.7. The van der Waals surface area contributed by atoms with Crippen molar-refractivity contribution < 1.29 is 32.2 Å². The average Bonchev–Trinajstić information content (AvgIpc) is 2.52. The first-order valence-electron chi connectivity index (χ1n) is 8.52. The summed E-state index contributed by atoms with van der Waals surface area (Å²) >= 11 is 0. The summed E-state index contributed by atoms with van der Waals surface area (Å²) in [5.74, 6) is -1.38. The van der Waals surface area contributed by atoms with Crippen molar-refractivity contribution in [2.24, 2.45) is 11.8 Å². The van der Waals surface area contributed by atoms with Gasteiger partial charge in [0.15, 0.2) is 0 Å². The third-order valence-corrected chi connectivity index (χ3v) is 3.92.